The summed E-state index contributed by atoms with van der Waals surface area (Å²) in [7, 11) is 0. The summed E-state index contributed by atoms with van der Waals surface area (Å²) < 4.78 is 1.17. The number of benzene rings is 5. The van der Waals surface area contributed by atoms with Crippen LogP contribution in [0.2, 0.25) is 0 Å². The van der Waals surface area contributed by atoms with Crippen LogP contribution in [0, 0.1) is 0 Å². The number of rotatable bonds is 0. The molecule has 0 atom stereocenters. The highest BCUT2D eigenvalue weighted by atomic mass is 79.9. The Bertz CT molecular complexity index is 1460. The third kappa shape index (κ3) is 1.79. The number of fused-ring (bicyclic) bond motifs is 12. The van der Waals surface area contributed by atoms with Crippen molar-refractivity contribution in [3.05, 3.63) is 130 Å². The second-order valence-corrected chi connectivity index (χ2v) is 9.07. The van der Waals surface area contributed by atoms with Gasteiger partial charge in [0.15, 0.2) is 0 Å². The first-order valence-corrected chi connectivity index (χ1v) is 11.1. The van der Waals surface area contributed by atoms with Crippen molar-refractivity contribution in [2.75, 3.05) is 0 Å². The van der Waals surface area contributed by atoms with E-state index >= 15 is 0 Å². The number of halogens is 1. The molecule has 0 saturated heterocycles. The Balaban J connectivity index is 1.81. The molecule has 0 heterocycles. The van der Waals surface area contributed by atoms with Crippen molar-refractivity contribution in [1.29, 1.82) is 0 Å². The minimum absolute atomic E-state index is 0.289. The molecule has 0 nitrogen and oxygen atoms in total. The summed E-state index contributed by atoms with van der Waals surface area (Å²) in [6.45, 7) is 0. The van der Waals surface area contributed by atoms with E-state index in [1.807, 2.05) is 0 Å². The van der Waals surface area contributed by atoms with Crippen LogP contribution in [-0.4, -0.2) is 0 Å². The van der Waals surface area contributed by atoms with Crippen molar-refractivity contribution in [2.45, 2.75) is 5.41 Å². The highest BCUT2D eigenvalue weighted by Crippen LogP contribution is 2.64. The average Bonchev–Trinajstić information content (AvgIpc) is 3.27. The predicted octanol–water partition coefficient (Wildman–Crippen LogP) is 7.95. The second-order valence-electron chi connectivity index (χ2n) is 8.22. The van der Waals surface area contributed by atoms with Crippen LogP contribution in [-0.2, 0) is 5.41 Å². The van der Waals surface area contributed by atoms with E-state index in [1.165, 1.54) is 59.8 Å². The molecule has 1 spiro atoms. The van der Waals surface area contributed by atoms with Crippen molar-refractivity contribution in [2.24, 2.45) is 0 Å². The molecule has 0 unspecified atom stereocenters. The van der Waals surface area contributed by atoms with E-state index in [0.29, 0.717) is 0 Å². The largest absolute Gasteiger partial charge is 0.0731 e. The Morgan fingerprint density at radius 1 is 0.533 bits per heavy atom. The molecular weight excluding hydrogens is 428 g/mol. The van der Waals surface area contributed by atoms with Gasteiger partial charge in [-0.05, 0) is 55.8 Å². The fourth-order valence-corrected chi connectivity index (χ4v) is 6.58. The molecular formula is C29H17Br. The summed E-state index contributed by atoms with van der Waals surface area (Å²) in [6.07, 6.45) is 0. The molecule has 0 aromatic heterocycles. The Morgan fingerprint density at radius 3 is 1.70 bits per heavy atom. The van der Waals surface area contributed by atoms with E-state index in [2.05, 4.69) is 119 Å². The van der Waals surface area contributed by atoms with E-state index in [0.717, 1.165) is 0 Å². The van der Waals surface area contributed by atoms with E-state index in [-0.39, 0.29) is 5.41 Å². The molecule has 0 saturated carbocycles. The summed E-state index contributed by atoms with van der Waals surface area (Å²) in [6, 6.07) is 38.0. The zero-order valence-corrected chi connectivity index (χ0v) is 17.8. The molecule has 140 valence electrons. The molecule has 2 aliphatic carbocycles. The molecule has 7 rings (SSSR count). The Morgan fingerprint density at radius 2 is 1.03 bits per heavy atom. The van der Waals surface area contributed by atoms with Gasteiger partial charge >= 0.3 is 0 Å². The lowest BCUT2D eigenvalue weighted by atomic mass is 9.69. The summed E-state index contributed by atoms with van der Waals surface area (Å²) >= 11 is 3.95. The Hall–Kier alpha value is -3.16. The lowest BCUT2D eigenvalue weighted by Gasteiger charge is -2.31. The topological polar surface area (TPSA) is 0 Å². The molecule has 30 heavy (non-hydrogen) atoms. The van der Waals surface area contributed by atoms with Gasteiger partial charge in [0.25, 0.3) is 0 Å². The van der Waals surface area contributed by atoms with Crippen LogP contribution >= 0.6 is 15.9 Å². The minimum atomic E-state index is -0.289. The van der Waals surface area contributed by atoms with Gasteiger partial charge < -0.3 is 0 Å². The lowest BCUT2D eigenvalue weighted by Crippen LogP contribution is -2.26. The first-order valence-electron chi connectivity index (χ1n) is 10.3. The van der Waals surface area contributed by atoms with Gasteiger partial charge in [-0.2, -0.15) is 0 Å². The molecule has 0 N–H and O–H groups in total. The van der Waals surface area contributed by atoms with E-state index < -0.39 is 0 Å². The summed E-state index contributed by atoms with van der Waals surface area (Å²) in [5, 5.41) is 2.61. The third-order valence-electron chi connectivity index (χ3n) is 6.93. The molecule has 5 aromatic rings. The molecule has 0 amide bonds. The maximum absolute atomic E-state index is 3.95. The zero-order valence-electron chi connectivity index (χ0n) is 16.2. The first kappa shape index (κ1) is 16.6. The maximum atomic E-state index is 3.95. The van der Waals surface area contributed by atoms with Crippen LogP contribution in [0.15, 0.2) is 108 Å². The molecule has 1 heteroatoms. The second kappa shape index (κ2) is 5.71. The predicted molar refractivity (Wildman–Crippen MR) is 128 cm³/mol. The fourth-order valence-electron chi connectivity index (χ4n) is 5.92. The van der Waals surface area contributed by atoms with Crippen LogP contribution in [0.3, 0.4) is 0 Å². The summed E-state index contributed by atoms with van der Waals surface area (Å²) in [4.78, 5) is 0. The molecule has 5 aromatic carbocycles. The highest BCUT2D eigenvalue weighted by Gasteiger charge is 2.52. The normalized spacial score (nSPS) is 14.4. The van der Waals surface area contributed by atoms with Crippen molar-refractivity contribution in [3.8, 4) is 22.3 Å². The molecule has 2 aliphatic rings. The number of hydrogen-bond acceptors (Lipinski definition) is 0. The van der Waals surface area contributed by atoms with E-state index in [4.69, 9.17) is 0 Å². The van der Waals surface area contributed by atoms with Gasteiger partial charge in [-0.3, -0.25) is 0 Å². The quantitative estimate of drug-likeness (QED) is 0.222. The average molecular weight is 445 g/mol. The van der Waals surface area contributed by atoms with Crippen molar-refractivity contribution >= 4 is 26.7 Å². The molecule has 0 aliphatic heterocycles. The van der Waals surface area contributed by atoms with E-state index in [1.54, 1.807) is 0 Å². The van der Waals surface area contributed by atoms with Gasteiger partial charge in [0.1, 0.15) is 0 Å². The van der Waals surface area contributed by atoms with Gasteiger partial charge in [-0.1, -0.05) is 113 Å². The van der Waals surface area contributed by atoms with Crippen molar-refractivity contribution < 1.29 is 0 Å². The lowest BCUT2D eigenvalue weighted by molar-refractivity contribution is 0.801. The summed E-state index contributed by atoms with van der Waals surface area (Å²) in [5.74, 6) is 0. The van der Waals surface area contributed by atoms with Crippen molar-refractivity contribution in [1.82, 2.24) is 0 Å². The number of hydrogen-bond donors (Lipinski definition) is 0. The van der Waals surface area contributed by atoms with Gasteiger partial charge in [0, 0.05) is 10.0 Å². The standard InChI is InChI=1S/C29H17Br/c30-26-17-18-9-1-2-10-19(18)28-27(26)22-13-5-8-16-25(22)29(28)23-14-6-3-11-20(23)21-12-4-7-15-24(21)29/h1-17H. The van der Waals surface area contributed by atoms with Gasteiger partial charge in [-0.15, -0.1) is 0 Å². The SMILES string of the molecule is Brc1cc2ccccc2c2c1-c1ccccc1C21c2ccccc2-c2ccccc21. The minimum Gasteiger partial charge on any atom is -0.0619 e. The van der Waals surface area contributed by atoms with Crippen LogP contribution < -0.4 is 0 Å². The highest BCUT2D eigenvalue weighted by molar-refractivity contribution is 9.10. The monoisotopic (exact) mass is 444 g/mol. The maximum Gasteiger partial charge on any atom is 0.0731 e. The fraction of sp³-hybridized carbons (Fsp3) is 0.0345. The smallest absolute Gasteiger partial charge is 0.0619 e. The summed E-state index contributed by atoms with van der Waals surface area (Å²) in [5.41, 5.74) is 10.6. The van der Waals surface area contributed by atoms with Gasteiger partial charge in [-0.25, -0.2) is 0 Å². The van der Waals surface area contributed by atoms with Crippen LogP contribution in [0.1, 0.15) is 22.3 Å². The molecule has 0 radical (unpaired) electrons. The first-order chi connectivity index (χ1) is 14.8. The Kier molecular flexibility index (Phi) is 3.16. The van der Waals surface area contributed by atoms with Crippen LogP contribution in [0.4, 0.5) is 0 Å². The van der Waals surface area contributed by atoms with E-state index in [9.17, 15) is 0 Å². The zero-order chi connectivity index (χ0) is 19.9. The van der Waals surface area contributed by atoms with Crippen molar-refractivity contribution in [3.63, 3.8) is 0 Å². The molecule has 0 fully saturated rings. The third-order valence-corrected chi connectivity index (χ3v) is 7.55. The van der Waals surface area contributed by atoms with Gasteiger partial charge in [0.2, 0.25) is 0 Å². The Labute approximate surface area is 184 Å². The molecule has 0 bridgehead atoms. The van der Waals surface area contributed by atoms with Crippen LogP contribution in [0.25, 0.3) is 33.0 Å². The van der Waals surface area contributed by atoms with Crippen LogP contribution in [0.5, 0.6) is 0 Å². The van der Waals surface area contributed by atoms with Gasteiger partial charge in [0.05, 0.1) is 5.41 Å².